The predicted molar refractivity (Wildman–Crippen MR) is 94.9 cm³/mol. The van der Waals surface area contributed by atoms with E-state index in [1.54, 1.807) is 0 Å². The molecule has 2 N–H and O–H groups in total. The molecule has 27 heavy (non-hydrogen) atoms. The smallest absolute Gasteiger partial charge is 0.367 e. The number of sulfonamides is 1. The first kappa shape index (κ1) is 21.7. The summed E-state index contributed by atoms with van der Waals surface area (Å²) in [5, 5.41) is 5.17. The van der Waals surface area contributed by atoms with Crippen LogP contribution < -0.4 is 10.6 Å². The average Bonchev–Trinajstić information content (AvgIpc) is 2.58. The number of pyridine rings is 1. The minimum Gasteiger partial charge on any atom is -0.367 e. The molecule has 0 spiro atoms. The lowest BCUT2D eigenvalue weighted by Gasteiger charge is -2.32. The number of amides is 1. The zero-order valence-corrected chi connectivity index (χ0v) is 16.1. The Balaban J connectivity index is 1.87. The maximum atomic E-state index is 12.6. The van der Waals surface area contributed by atoms with Crippen LogP contribution in [0.15, 0.2) is 12.3 Å². The van der Waals surface area contributed by atoms with E-state index < -0.39 is 33.7 Å². The van der Waals surface area contributed by atoms with Crippen LogP contribution in [0.5, 0.6) is 0 Å². The van der Waals surface area contributed by atoms with Crippen molar-refractivity contribution in [2.45, 2.75) is 31.5 Å². The largest absolute Gasteiger partial charge is 0.417 e. The van der Waals surface area contributed by atoms with E-state index in [9.17, 15) is 26.4 Å². The average molecular weight is 429 g/mol. The predicted octanol–water partition coefficient (Wildman–Crippen LogP) is 2.10. The van der Waals surface area contributed by atoms with Crippen LogP contribution in [0.3, 0.4) is 0 Å². The highest BCUT2D eigenvalue weighted by molar-refractivity contribution is 7.88. The number of alkyl halides is 3. The van der Waals surface area contributed by atoms with Crippen molar-refractivity contribution in [1.82, 2.24) is 14.6 Å². The van der Waals surface area contributed by atoms with E-state index in [4.69, 9.17) is 11.6 Å². The topological polar surface area (TPSA) is 91.4 Å². The molecule has 0 aliphatic carbocycles. The molecular weight excluding hydrogens is 409 g/mol. The van der Waals surface area contributed by atoms with Crippen LogP contribution in [0.2, 0.25) is 5.02 Å². The van der Waals surface area contributed by atoms with E-state index >= 15 is 0 Å². The number of anilines is 1. The molecule has 7 nitrogen and oxygen atoms in total. The molecule has 1 aromatic heterocycles. The number of piperidine rings is 1. The van der Waals surface area contributed by atoms with Gasteiger partial charge in [0.25, 0.3) is 0 Å². The van der Waals surface area contributed by atoms with Crippen LogP contribution in [0.1, 0.15) is 24.8 Å². The van der Waals surface area contributed by atoms with Gasteiger partial charge in [-0.25, -0.2) is 13.4 Å². The number of carbonyl (C=O) groups is 1. The molecule has 2 heterocycles. The molecule has 0 aromatic carbocycles. The Labute approximate surface area is 160 Å². The number of carbonyl (C=O) groups excluding carboxylic acids is 1. The summed E-state index contributed by atoms with van der Waals surface area (Å²) in [7, 11) is -3.48. The maximum Gasteiger partial charge on any atom is 0.417 e. The SMILES string of the molecule is CS(=O)(=O)N1CCCC[C@@H]1C(=O)NCCNc1ncc(C(F)(F)F)cc1Cl. The van der Waals surface area contributed by atoms with Crippen molar-refractivity contribution >= 4 is 33.3 Å². The van der Waals surface area contributed by atoms with E-state index in [2.05, 4.69) is 15.6 Å². The summed E-state index contributed by atoms with van der Waals surface area (Å²) >= 11 is 5.78. The first-order valence-corrected chi connectivity index (χ1v) is 10.4. The molecule has 12 heteroatoms. The van der Waals surface area contributed by atoms with Crippen molar-refractivity contribution in [3.05, 3.63) is 22.8 Å². The molecule has 1 aliphatic rings. The van der Waals surface area contributed by atoms with E-state index in [0.717, 1.165) is 18.7 Å². The van der Waals surface area contributed by atoms with Gasteiger partial charge in [0.15, 0.2) is 0 Å². The highest BCUT2D eigenvalue weighted by Crippen LogP contribution is 2.32. The third kappa shape index (κ3) is 5.94. The number of halogens is 4. The van der Waals surface area contributed by atoms with Crippen molar-refractivity contribution in [3.63, 3.8) is 0 Å². The normalized spacial score (nSPS) is 18.9. The van der Waals surface area contributed by atoms with E-state index in [1.807, 2.05) is 0 Å². The highest BCUT2D eigenvalue weighted by Gasteiger charge is 2.34. The van der Waals surface area contributed by atoms with Crippen LogP contribution in [0.4, 0.5) is 19.0 Å². The van der Waals surface area contributed by atoms with Crippen molar-refractivity contribution < 1.29 is 26.4 Å². The molecule has 1 atom stereocenters. The van der Waals surface area contributed by atoms with Gasteiger partial charge in [0.2, 0.25) is 15.9 Å². The molecule has 0 bridgehead atoms. The van der Waals surface area contributed by atoms with Gasteiger partial charge in [-0.1, -0.05) is 18.0 Å². The number of nitrogens with zero attached hydrogens (tertiary/aromatic N) is 2. The summed E-state index contributed by atoms with van der Waals surface area (Å²) in [6.45, 7) is 0.599. The minimum absolute atomic E-state index is 0.0642. The van der Waals surface area contributed by atoms with Crippen LogP contribution in [-0.2, 0) is 21.0 Å². The lowest BCUT2D eigenvalue weighted by atomic mass is 10.0. The van der Waals surface area contributed by atoms with E-state index in [1.165, 1.54) is 4.31 Å². The van der Waals surface area contributed by atoms with Gasteiger partial charge in [-0.3, -0.25) is 4.79 Å². The Hall–Kier alpha value is -1.59. The molecular formula is C15H20ClF3N4O3S. The van der Waals surface area contributed by atoms with Crippen LogP contribution >= 0.6 is 11.6 Å². The first-order chi connectivity index (χ1) is 12.5. The first-order valence-electron chi connectivity index (χ1n) is 8.21. The highest BCUT2D eigenvalue weighted by atomic mass is 35.5. The van der Waals surface area contributed by atoms with Gasteiger partial charge in [0.05, 0.1) is 16.8 Å². The number of rotatable bonds is 6. The van der Waals surface area contributed by atoms with Crippen LogP contribution in [-0.4, -0.2) is 55.5 Å². The Bertz CT molecular complexity index is 789. The molecule has 0 unspecified atom stereocenters. The van der Waals surface area contributed by atoms with Crippen LogP contribution in [0, 0.1) is 0 Å². The van der Waals surface area contributed by atoms with Gasteiger partial charge in [0.1, 0.15) is 11.9 Å². The van der Waals surface area contributed by atoms with Gasteiger partial charge in [-0.2, -0.15) is 17.5 Å². The van der Waals surface area contributed by atoms with Gasteiger partial charge in [-0.05, 0) is 18.9 Å². The number of hydrogen-bond donors (Lipinski definition) is 2. The van der Waals surface area contributed by atoms with Gasteiger partial charge in [0, 0.05) is 25.8 Å². The molecule has 1 fully saturated rings. The molecule has 1 aliphatic heterocycles. The summed E-state index contributed by atoms with van der Waals surface area (Å²) < 4.78 is 62.5. The Morgan fingerprint density at radius 3 is 2.67 bits per heavy atom. The summed E-state index contributed by atoms with van der Waals surface area (Å²) in [4.78, 5) is 15.9. The summed E-state index contributed by atoms with van der Waals surface area (Å²) in [5.74, 6) is -0.345. The second-order valence-electron chi connectivity index (χ2n) is 6.16. The van der Waals surface area contributed by atoms with Crippen molar-refractivity contribution in [1.29, 1.82) is 0 Å². The Kier molecular flexibility index (Phi) is 6.92. The zero-order chi connectivity index (χ0) is 20.2. The van der Waals surface area contributed by atoms with Gasteiger partial charge in [-0.15, -0.1) is 0 Å². The Morgan fingerprint density at radius 1 is 1.37 bits per heavy atom. The minimum atomic E-state index is -4.53. The lowest BCUT2D eigenvalue weighted by molar-refractivity contribution is -0.137. The molecule has 1 aromatic rings. The lowest BCUT2D eigenvalue weighted by Crippen LogP contribution is -2.52. The molecule has 1 amide bonds. The van der Waals surface area contributed by atoms with Gasteiger partial charge >= 0.3 is 6.18 Å². The van der Waals surface area contributed by atoms with Crippen LogP contribution in [0.25, 0.3) is 0 Å². The monoisotopic (exact) mass is 428 g/mol. The number of hydrogen-bond acceptors (Lipinski definition) is 5. The summed E-state index contributed by atoms with van der Waals surface area (Å²) in [6.07, 6.45) is -0.894. The zero-order valence-electron chi connectivity index (χ0n) is 14.5. The molecule has 2 rings (SSSR count). The quantitative estimate of drug-likeness (QED) is 0.677. The standard InChI is InChI=1S/C15H20ClF3N4O3S/c1-27(25,26)23-7-3-2-4-12(23)14(24)21-6-5-20-13-11(16)8-10(9-22-13)15(17,18)19/h8-9,12H,2-7H2,1H3,(H,20,22)(H,21,24)/t12-/m1/s1. The summed E-state index contributed by atoms with van der Waals surface area (Å²) in [6, 6.07) is 0.0168. The third-order valence-electron chi connectivity index (χ3n) is 4.07. The molecule has 0 radical (unpaired) electrons. The fourth-order valence-electron chi connectivity index (χ4n) is 2.77. The molecule has 0 saturated carbocycles. The number of aromatic nitrogens is 1. The van der Waals surface area contributed by atoms with Crippen molar-refractivity contribution in [3.8, 4) is 0 Å². The number of nitrogens with one attached hydrogen (secondary N) is 2. The maximum absolute atomic E-state index is 12.6. The fraction of sp³-hybridized carbons (Fsp3) is 0.600. The van der Waals surface area contributed by atoms with Crippen molar-refractivity contribution in [2.24, 2.45) is 0 Å². The fourth-order valence-corrected chi connectivity index (χ4v) is 4.13. The van der Waals surface area contributed by atoms with Crippen molar-refractivity contribution in [2.75, 3.05) is 31.2 Å². The third-order valence-corrected chi connectivity index (χ3v) is 5.64. The second-order valence-corrected chi connectivity index (χ2v) is 8.50. The molecule has 1 saturated heterocycles. The van der Waals surface area contributed by atoms with E-state index in [-0.39, 0.29) is 23.9 Å². The van der Waals surface area contributed by atoms with Gasteiger partial charge < -0.3 is 10.6 Å². The molecule has 152 valence electrons. The second kappa shape index (κ2) is 8.61. The Morgan fingerprint density at radius 2 is 2.07 bits per heavy atom. The summed E-state index contributed by atoms with van der Waals surface area (Å²) in [5.41, 5.74) is -0.954. The van der Waals surface area contributed by atoms with E-state index in [0.29, 0.717) is 25.6 Å².